The molecule has 0 radical (unpaired) electrons. The van der Waals surface area contributed by atoms with Gasteiger partial charge in [0.15, 0.2) is 0 Å². The van der Waals surface area contributed by atoms with Crippen molar-refractivity contribution in [3.63, 3.8) is 0 Å². The first-order chi connectivity index (χ1) is 9.47. The van der Waals surface area contributed by atoms with Crippen molar-refractivity contribution in [3.8, 4) is 0 Å². The van der Waals surface area contributed by atoms with Crippen LogP contribution in [0.4, 0.5) is 5.69 Å². The van der Waals surface area contributed by atoms with E-state index >= 15 is 0 Å². The van der Waals surface area contributed by atoms with Crippen molar-refractivity contribution < 1.29 is 10.0 Å². The molecule has 0 bridgehead atoms. The van der Waals surface area contributed by atoms with E-state index in [1.807, 2.05) is 13.0 Å². The van der Waals surface area contributed by atoms with Crippen molar-refractivity contribution in [1.82, 2.24) is 4.90 Å². The Kier molecular flexibility index (Phi) is 5.12. The third-order valence-corrected chi connectivity index (χ3v) is 4.44. The lowest BCUT2D eigenvalue weighted by Crippen LogP contribution is -2.36. The maximum absolute atomic E-state index is 11.1. The summed E-state index contributed by atoms with van der Waals surface area (Å²) in [5.41, 5.74) is 0.908. The van der Waals surface area contributed by atoms with Gasteiger partial charge < -0.3 is 5.11 Å². The number of nitro benzene ring substituents is 1. The van der Waals surface area contributed by atoms with E-state index in [9.17, 15) is 15.2 Å². The molecule has 0 aliphatic carbocycles. The molecular weight excluding hydrogens is 324 g/mol. The lowest BCUT2D eigenvalue weighted by atomic mass is 9.92. The summed E-state index contributed by atoms with van der Waals surface area (Å²) in [6.07, 6.45) is 1.62. The van der Waals surface area contributed by atoms with Crippen LogP contribution in [-0.2, 0) is 6.54 Å². The summed E-state index contributed by atoms with van der Waals surface area (Å²) < 4.78 is 0.858. The van der Waals surface area contributed by atoms with E-state index in [0.29, 0.717) is 12.5 Å². The van der Waals surface area contributed by atoms with Gasteiger partial charge in [-0.15, -0.1) is 0 Å². The predicted molar refractivity (Wildman–Crippen MR) is 80.5 cm³/mol. The van der Waals surface area contributed by atoms with Crippen LogP contribution in [0.15, 0.2) is 22.7 Å². The van der Waals surface area contributed by atoms with Crippen LogP contribution in [0.25, 0.3) is 0 Å². The van der Waals surface area contributed by atoms with Crippen molar-refractivity contribution >= 4 is 21.6 Å². The molecule has 1 atom stereocenters. The Morgan fingerprint density at radius 1 is 1.50 bits per heavy atom. The fourth-order valence-corrected chi connectivity index (χ4v) is 3.10. The third-order valence-electron chi connectivity index (χ3n) is 3.95. The highest BCUT2D eigenvalue weighted by Crippen LogP contribution is 2.27. The normalized spacial score (nSPS) is 18.9. The van der Waals surface area contributed by atoms with Gasteiger partial charge in [0.25, 0.3) is 5.69 Å². The summed E-state index contributed by atoms with van der Waals surface area (Å²) in [6, 6.07) is 5.06. The maximum atomic E-state index is 11.1. The SMILES string of the molecule is CC(O)C1CCN(Cc2cc(Br)ccc2[N+](=O)[O-])CC1. The van der Waals surface area contributed by atoms with Crippen LogP contribution in [0.2, 0.25) is 0 Å². The summed E-state index contributed by atoms with van der Waals surface area (Å²) in [7, 11) is 0. The first kappa shape index (κ1) is 15.4. The number of nitrogens with zero attached hydrogens (tertiary/aromatic N) is 2. The molecule has 0 aromatic heterocycles. The summed E-state index contributed by atoms with van der Waals surface area (Å²) in [5.74, 6) is 0.351. The van der Waals surface area contributed by atoms with Crippen LogP contribution in [0, 0.1) is 16.0 Å². The molecule has 1 saturated heterocycles. The Bertz CT molecular complexity index is 485. The highest BCUT2D eigenvalue weighted by Gasteiger charge is 2.24. The molecule has 1 N–H and O–H groups in total. The van der Waals surface area contributed by atoms with Crippen LogP contribution >= 0.6 is 15.9 Å². The maximum Gasteiger partial charge on any atom is 0.273 e. The average Bonchev–Trinajstić information content (AvgIpc) is 2.39. The van der Waals surface area contributed by atoms with E-state index in [4.69, 9.17) is 0 Å². The lowest BCUT2D eigenvalue weighted by molar-refractivity contribution is -0.385. The smallest absolute Gasteiger partial charge is 0.273 e. The van der Waals surface area contributed by atoms with Gasteiger partial charge in [0.2, 0.25) is 0 Å². The van der Waals surface area contributed by atoms with Crippen molar-refractivity contribution in [2.45, 2.75) is 32.4 Å². The first-order valence-corrected chi connectivity index (χ1v) is 7.60. The quantitative estimate of drug-likeness (QED) is 0.674. The van der Waals surface area contributed by atoms with Crippen molar-refractivity contribution in [3.05, 3.63) is 38.3 Å². The number of aliphatic hydroxyl groups excluding tert-OH is 1. The molecule has 1 unspecified atom stereocenters. The van der Waals surface area contributed by atoms with Crippen molar-refractivity contribution in [1.29, 1.82) is 0 Å². The molecule has 2 rings (SSSR count). The monoisotopic (exact) mass is 342 g/mol. The second kappa shape index (κ2) is 6.65. The standard InChI is InChI=1S/C14H19BrN2O3/c1-10(18)11-4-6-16(7-5-11)9-12-8-13(15)2-3-14(12)17(19)20/h2-3,8,10-11,18H,4-7,9H2,1H3. The molecule has 1 aromatic rings. The van der Waals surface area contributed by atoms with Gasteiger partial charge in [-0.25, -0.2) is 0 Å². The number of halogens is 1. The fraction of sp³-hybridized carbons (Fsp3) is 0.571. The van der Waals surface area contributed by atoms with E-state index in [-0.39, 0.29) is 16.7 Å². The molecule has 0 spiro atoms. The molecule has 0 saturated carbocycles. The predicted octanol–water partition coefficient (Wildman–Crippen LogP) is 2.95. The van der Waals surface area contributed by atoms with E-state index < -0.39 is 0 Å². The summed E-state index contributed by atoms with van der Waals surface area (Å²) in [6.45, 7) is 4.17. The van der Waals surface area contributed by atoms with Gasteiger partial charge in [0, 0.05) is 22.6 Å². The van der Waals surface area contributed by atoms with Crippen LogP contribution < -0.4 is 0 Å². The zero-order chi connectivity index (χ0) is 14.7. The Labute approximate surface area is 126 Å². The van der Waals surface area contributed by atoms with E-state index in [0.717, 1.165) is 36.0 Å². The van der Waals surface area contributed by atoms with Crippen LogP contribution in [-0.4, -0.2) is 34.1 Å². The van der Waals surface area contributed by atoms with Gasteiger partial charge >= 0.3 is 0 Å². The molecule has 110 valence electrons. The van der Waals surface area contributed by atoms with Gasteiger partial charge in [0.05, 0.1) is 11.0 Å². The molecule has 6 heteroatoms. The largest absolute Gasteiger partial charge is 0.393 e. The molecule has 1 aliphatic heterocycles. The molecule has 0 amide bonds. The Morgan fingerprint density at radius 2 is 2.15 bits per heavy atom. The molecule has 1 aromatic carbocycles. The van der Waals surface area contributed by atoms with Gasteiger partial charge in [-0.1, -0.05) is 15.9 Å². The number of nitro groups is 1. The third kappa shape index (κ3) is 3.77. The van der Waals surface area contributed by atoms with Crippen LogP contribution in [0.1, 0.15) is 25.3 Å². The Morgan fingerprint density at radius 3 is 2.70 bits per heavy atom. The number of hydrogen-bond acceptors (Lipinski definition) is 4. The summed E-state index contributed by atoms with van der Waals surface area (Å²) in [4.78, 5) is 12.9. The number of hydrogen-bond donors (Lipinski definition) is 1. The van der Waals surface area contributed by atoms with Crippen LogP contribution in [0.5, 0.6) is 0 Å². The second-order valence-electron chi connectivity index (χ2n) is 5.38. The van der Waals surface area contributed by atoms with Gasteiger partial charge in [-0.3, -0.25) is 15.0 Å². The topological polar surface area (TPSA) is 66.6 Å². The van der Waals surface area contributed by atoms with Crippen LogP contribution in [0.3, 0.4) is 0 Å². The number of rotatable bonds is 4. The zero-order valence-electron chi connectivity index (χ0n) is 11.5. The molecule has 5 nitrogen and oxygen atoms in total. The van der Waals surface area contributed by atoms with Crippen molar-refractivity contribution in [2.75, 3.05) is 13.1 Å². The van der Waals surface area contributed by atoms with Gasteiger partial charge in [-0.05, 0) is 50.9 Å². The van der Waals surface area contributed by atoms with Crippen molar-refractivity contribution in [2.24, 2.45) is 5.92 Å². The first-order valence-electron chi connectivity index (χ1n) is 6.80. The Balaban J connectivity index is 2.04. The minimum Gasteiger partial charge on any atom is -0.393 e. The molecule has 1 fully saturated rings. The summed E-state index contributed by atoms with van der Waals surface area (Å²) in [5, 5.41) is 20.6. The lowest BCUT2D eigenvalue weighted by Gasteiger charge is -2.33. The average molecular weight is 343 g/mol. The fourth-order valence-electron chi connectivity index (χ4n) is 2.69. The van der Waals surface area contributed by atoms with E-state index in [1.165, 1.54) is 0 Å². The molecule has 1 aliphatic rings. The summed E-state index contributed by atoms with van der Waals surface area (Å²) >= 11 is 3.36. The highest BCUT2D eigenvalue weighted by molar-refractivity contribution is 9.10. The van der Waals surface area contributed by atoms with Gasteiger partial charge in [-0.2, -0.15) is 0 Å². The van der Waals surface area contributed by atoms with E-state index in [2.05, 4.69) is 20.8 Å². The minimum absolute atomic E-state index is 0.172. The van der Waals surface area contributed by atoms with Gasteiger partial charge in [0.1, 0.15) is 0 Å². The zero-order valence-corrected chi connectivity index (χ0v) is 13.0. The molecule has 1 heterocycles. The minimum atomic E-state index is -0.329. The second-order valence-corrected chi connectivity index (χ2v) is 6.30. The van der Waals surface area contributed by atoms with E-state index in [1.54, 1.807) is 12.1 Å². The number of benzene rings is 1. The highest BCUT2D eigenvalue weighted by atomic mass is 79.9. The number of aliphatic hydroxyl groups is 1. The molecular formula is C14H19BrN2O3. The Hall–Kier alpha value is -0.980. The number of piperidine rings is 1. The number of likely N-dealkylation sites (tertiary alicyclic amines) is 1. The molecule has 20 heavy (non-hydrogen) atoms.